The number of rotatable bonds is 37. The van der Waals surface area contributed by atoms with Crippen molar-refractivity contribution in [3.8, 4) is 0 Å². The van der Waals surface area contributed by atoms with Gasteiger partial charge in [-0.25, -0.2) is 8.42 Å². The molecule has 3 nitrogen and oxygen atoms in total. The Kier molecular flexibility index (Phi) is 35.9. The molecule has 0 spiro atoms. The maximum absolute atomic E-state index is 12.1. The average Bonchev–Trinajstić information content (AvgIpc) is 3.07. The minimum Gasteiger partial charge on any atom is -0.744 e. The van der Waals surface area contributed by atoms with Gasteiger partial charge in [-0.2, -0.15) is 0 Å². The molecule has 0 aliphatic carbocycles. The van der Waals surface area contributed by atoms with Crippen LogP contribution in [0, 0.1) is 0 Å². The Bertz CT molecular complexity index is 932. The van der Waals surface area contributed by atoms with Crippen LogP contribution in [-0.4, -0.2) is 13.0 Å². The molecule has 0 bridgehead atoms. The van der Waals surface area contributed by atoms with Gasteiger partial charge in [0, 0.05) is 0 Å². The summed E-state index contributed by atoms with van der Waals surface area (Å²) in [6.45, 7) is 4.57. The molecule has 0 radical (unpaired) electrons. The molecular weight excluding hydrogens is 615 g/mol. The Labute approximate surface area is 319 Å². The molecule has 0 aliphatic heterocycles. The summed E-state index contributed by atoms with van der Waals surface area (Å²) in [4.78, 5) is 0.0310. The fourth-order valence-electron chi connectivity index (χ4n) is 7.43. The molecule has 0 N–H and O–H groups in total. The van der Waals surface area contributed by atoms with E-state index in [0.717, 1.165) is 36.8 Å². The Morgan fingerprint density at radius 3 is 0.959 bits per heavy atom. The number of aryl methyl sites for hydroxylation is 1. The van der Waals surface area contributed by atoms with Crippen molar-refractivity contribution in [3.63, 3.8) is 0 Å². The van der Waals surface area contributed by atoms with Crippen LogP contribution in [0.1, 0.15) is 243 Å². The maximum Gasteiger partial charge on any atom is 1.00 e. The van der Waals surface area contributed by atoms with E-state index in [9.17, 15) is 13.0 Å². The van der Waals surface area contributed by atoms with Gasteiger partial charge in [0.2, 0.25) is 0 Å². The van der Waals surface area contributed by atoms with Gasteiger partial charge in [0.15, 0.2) is 0 Å². The van der Waals surface area contributed by atoms with Gasteiger partial charge in [-0.3, -0.25) is 0 Å². The van der Waals surface area contributed by atoms with Crippen LogP contribution in [-0.2, 0) is 23.0 Å². The van der Waals surface area contributed by atoms with E-state index >= 15 is 0 Å². The van der Waals surface area contributed by atoms with E-state index in [2.05, 4.69) is 19.9 Å². The third kappa shape index (κ3) is 29.9. The molecule has 0 unspecified atom stereocenters. The zero-order valence-electron chi connectivity index (χ0n) is 33.3. The van der Waals surface area contributed by atoms with Gasteiger partial charge < -0.3 is 4.55 Å². The topological polar surface area (TPSA) is 57.2 Å². The van der Waals surface area contributed by atoms with Crippen molar-refractivity contribution < 1.29 is 31.8 Å². The summed E-state index contributed by atoms with van der Waals surface area (Å²) in [5.74, 6) is 0. The van der Waals surface area contributed by atoms with Crippen LogP contribution >= 0.6 is 0 Å². The van der Waals surface area contributed by atoms with Gasteiger partial charge in [0.1, 0.15) is 10.1 Å². The largest absolute Gasteiger partial charge is 1.00 e. The Morgan fingerprint density at radius 1 is 0.408 bits per heavy atom. The fourth-order valence-corrected chi connectivity index (χ4v) is 8.21. The minimum absolute atomic E-state index is 0. The summed E-state index contributed by atoms with van der Waals surface area (Å²) < 4.78 is 36.2. The molecule has 0 saturated heterocycles. The minimum atomic E-state index is -4.44. The Morgan fingerprint density at radius 2 is 0.673 bits per heavy atom. The Hall–Kier alpha value is -0.273. The third-order valence-corrected chi connectivity index (χ3v) is 11.5. The van der Waals surface area contributed by atoms with Crippen LogP contribution in [0.15, 0.2) is 23.1 Å². The van der Waals surface area contributed by atoms with Crippen molar-refractivity contribution in [1.29, 1.82) is 0 Å². The molecule has 1 aromatic rings. The fraction of sp³-hybridized carbons (Fsp3) is 0.864. The van der Waals surface area contributed by atoms with Crippen molar-refractivity contribution in [2.45, 2.75) is 250 Å². The van der Waals surface area contributed by atoms with E-state index in [1.807, 2.05) is 0 Å². The van der Waals surface area contributed by atoms with Crippen LogP contribution in [0.2, 0.25) is 0 Å². The van der Waals surface area contributed by atoms with Crippen molar-refractivity contribution in [3.05, 3.63) is 29.3 Å². The molecule has 1 aromatic carbocycles. The quantitative estimate of drug-likeness (QED) is 0.0395. The summed E-state index contributed by atoms with van der Waals surface area (Å²) >= 11 is 0. The first kappa shape index (κ1) is 48.7. The Balaban J connectivity index is 0.0000230. The second-order valence-electron chi connectivity index (χ2n) is 15.2. The van der Waals surface area contributed by atoms with Crippen molar-refractivity contribution in [2.24, 2.45) is 0 Å². The smallest absolute Gasteiger partial charge is 0.744 e. The van der Waals surface area contributed by atoms with E-state index in [1.54, 1.807) is 6.07 Å². The van der Waals surface area contributed by atoms with Crippen molar-refractivity contribution in [2.75, 3.05) is 0 Å². The van der Waals surface area contributed by atoms with Gasteiger partial charge in [0.25, 0.3) is 0 Å². The first-order valence-corrected chi connectivity index (χ1v) is 23.0. The van der Waals surface area contributed by atoms with Crippen LogP contribution < -0.4 is 18.9 Å². The first-order chi connectivity index (χ1) is 23.5. The zero-order chi connectivity index (χ0) is 34.8. The first-order valence-electron chi connectivity index (χ1n) is 21.6. The van der Waals surface area contributed by atoms with Gasteiger partial charge in [-0.1, -0.05) is 231 Å². The van der Waals surface area contributed by atoms with Gasteiger partial charge in [-0.05, 0) is 42.9 Å². The summed E-state index contributed by atoms with van der Waals surface area (Å²) in [6.07, 6.45) is 47.3. The monoisotopic (exact) mass is 697 g/mol. The summed E-state index contributed by atoms with van der Waals surface area (Å²) in [5, 5.41) is 0. The van der Waals surface area contributed by atoms with E-state index in [1.165, 1.54) is 205 Å². The third-order valence-electron chi connectivity index (χ3n) is 10.6. The molecule has 0 atom stereocenters. The molecule has 0 amide bonds. The predicted octanol–water partition coefficient (Wildman–Crippen LogP) is 12.0. The molecule has 0 aliphatic rings. The van der Waals surface area contributed by atoms with E-state index < -0.39 is 10.1 Å². The van der Waals surface area contributed by atoms with Gasteiger partial charge in [-0.15, -0.1) is 0 Å². The van der Waals surface area contributed by atoms with Gasteiger partial charge >= 0.3 is 18.9 Å². The van der Waals surface area contributed by atoms with Crippen LogP contribution in [0.4, 0.5) is 0 Å². The average molecular weight is 697 g/mol. The number of unbranched alkanes of at least 4 members (excludes halogenated alkanes) is 32. The van der Waals surface area contributed by atoms with E-state index in [0.29, 0.717) is 6.42 Å². The SMILES string of the molecule is CCCCCCCCCCCCCCCCCCCc1cccc(S(=O)(=O)[O-])c1CCCCCCCCCCCCCCCCCCC.[Li+]. The zero-order valence-corrected chi connectivity index (χ0v) is 34.1. The molecule has 1 rings (SSSR count). The standard InChI is InChI=1S/C44H82O3S.Li/c1-3-5-7-9-11-13-15-17-19-21-23-25-27-29-31-33-35-38-42-39-37-41-44(48(45,46)47)43(42)40-36-34-32-30-28-26-24-22-20-18-16-14-12-10-8-6-4-2;/h37,39,41H,3-36,38,40H2,1-2H3,(H,45,46,47);/q;+1/p-1. The number of hydrogen-bond acceptors (Lipinski definition) is 3. The molecular formula is C44H81LiO3S. The molecule has 0 saturated carbocycles. The maximum atomic E-state index is 12.1. The molecule has 282 valence electrons. The summed E-state index contributed by atoms with van der Waals surface area (Å²) in [6, 6.07) is 5.36. The molecule has 0 aromatic heterocycles. The second kappa shape index (κ2) is 36.1. The van der Waals surface area contributed by atoms with Crippen molar-refractivity contribution in [1.82, 2.24) is 0 Å². The van der Waals surface area contributed by atoms with Crippen LogP contribution in [0.25, 0.3) is 0 Å². The van der Waals surface area contributed by atoms with E-state index in [4.69, 9.17) is 0 Å². The summed E-state index contributed by atoms with van der Waals surface area (Å²) in [7, 11) is -4.44. The summed E-state index contributed by atoms with van der Waals surface area (Å²) in [5.41, 5.74) is 1.90. The molecule has 0 fully saturated rings. The van der Waals surface area contributed by atoms with E-state index in [-0.39, 0.29) is 23.8 Å². The number of benzene rings is 1. The molecule has 5 heteroatoms. The second-order valence-corrected chi connectivity index (χ2v) is 16.5. The van der Waals surface area contributed by atoms with Crippen LogP contribution in [0.3, 0.4) is 0 Å². The van der Waals surface area contributed by atoms with Crippen LogP contribution in [0.5, 0.6) is 0 Å². The van der Waals surface area contributed by atoms with Crippen molar-refractivity contribution >= 4 is 10.1 Å². The predicted molar refractivity (Wildman–Crippen MR) is 210 cm³/mol. The molecule has 0 heterocycles. The van der Waals surface area contributed by atoms with Gasteiger partial charge in [0.05, 0.1) is 4.90 Å². The normalized spacial score (nSPS) is 11.7. The molecule has 49 heavy (non-hydrogen) atoms. The number of hydrogen-bond donors (Lipinski definition) is 0.